The Labute approximate surface area is 206 Å². The van der Waals surface area contributed by atoms with E-state index in [0.717, 1.165) is 56.5 Å². The molecule has 0 fully saturated rings. The number of hydrogen-bond acceptors (Lipinski definition) is 6. The average molecular weight is 475 g/mol. The van der Waals surface area contributed by atoms with Crippen molar-refractivity contribution in [2.45, 2.75) is 19.8 Å². The van der Waals surface area contributed by atoms with Crippen molar-refractivity contribution >= 4 is 33.7 Å². The molecule has 36 heavy (non-hydrogen) atoms. The summed E-state index contributed by atoms with van der Waals surface area (Å²) in [7, 11) is 0. The van der Waals surface area contributed by atoms with Gasteiger partial charge in [-0.15, -0.1) is 0 Å². The molecule has 0 aliphatic carbocycles. The van der Waals surface area contributed by atoms with Crippen molar-refractivity contribution in [1.82, 2.24) is 35.1 Å². The van der Waals surface area contributed by atoms with E-state index >= 15 is 0 Å². The van der Waals surface area contributed by atoms with Gasteiger partial charge in [-0.25, -0.2) is 9.97 Å². The fraction of sp³-hybridized carbons (Fsp3) is 0.111. The van der Waals surface area contributed by atoms with Gasteiger partial charge in [0.25, 0.3) is 0 Å². The Morgan fingerprint density at radius 1 is 0.917 bits per heavy atom. The first-order chi connectivity index (χ1) is 17.7. The first kappa shape index (κ1) is 21.6. The molecule has 0 saturated heterocycles. The summed E-state index contributed by atoms with van der Waals surface area (Å²) in [5.41, 5.74) is 7.49. The molecule has 176 valence electrons. The number of rotatable bonds is 6. The summed E-state index contributed by atoms with van der Waals surface area (Å²) in [6.45, 7) is 1.97. The number of aromatic nitrogens is 7. The van der Waals surface area contributed by atoms with E-state index in [1.807, 2.05) is 43.5 Å². The van der Waals surface area contributed by atoms with Crippen LogP contribution in [0.2, 0.25) is 0 Å². The van der Waals surface area contributed by atoms with Gasteiger partial charge in [-0.2, -0.15) is 5.10 Å². The molecule has 9 heteroatoms. The van der Waals surface area contributed by atoms with Crippen LogP contribution in [-0.4, -0.2) is 41.0 Å². The van der Waals surface area contributed by atoms with Crippen LogP contribution in [0.3, 0.4) is 0 Å². The smallest absolute Gasteiger partial charge is 0.224 e. The number of fused-ring (bicyclic) bond motifs is 2. The van der Waals surface area contributed by atoms with Crippen LogP contribution < -0.4 is 5.32 Å². The number of carbonyl (C=O) groups is 1. The third kappa shape index (κ3) is 3.96. The number of pyridine rings is 4. The van der Waals surface area contributed by atoms with Crippen LogP contribution in [0.1, 0.15) is 19.8 Å². The summed E-state index contributed by atoms with van der Waals surface area (Å²) in [6, 6.07) is 11.9. The highest BCUT2D eigenvalue weighted by Gasteiger charge is 2.15. The van der Waals surface area contributed by atoms with E-state index in [2.05, 4.69) is 46.5 Å². The van der Waals surface area contributed by atoms with Gasteiger partial charge in [0, 0.05) is 64.9 Å². The minimum Gasteiger partial charge on any atom is -0.338 e. The van der Waals surface area contributed by atoms with Gasteiger partial charge in [0.1, 0.15) is 5.65 Å². The second-order valence-electron chi connectivity index (χ2n) is 8.50. The third-order valence-corrected chi connectivity index (χ3v) is 6.02. The summed E-state index contributed by atoms with van der Waals surface area (Å²) in [4.78, 5) is 33.1. The molecule has 0 aromatic carbocycles. The second kappa shape index (κ2) is 9.03. The summed E-state index contributed by atoms with van der Waals surface area (Å²) in [6.07, 6.45) is 11.8. The van der Waals surface area contributed by atoms with E-state index in [4.69, 9.17) is 0 Å². The quantitative estimate of drug-likeness (QED) is 0.298. The average Bonchev–Trinajstić information content (AvgIpc) is 3.53. The molecule has 0 bridgehead atoms. The van der Waals surface area contributed by atoms with Crippen LogP contribution in [0.4, 0.5) is 5.69 Å². The molecule has 0 atom stereocenters. The number of amides is 1. The predicted octanol–water partition coefficient (Wildman–Crippen LogP) is 5.36. The molecule has 0 radical (unpaired) electrons. The zero-order chi connectivity index (χ0) is 24.5. The Morgan fingerprint density at radius 3 is 2.67 bits per heavy atom. The number of nitrogens with zero attached hydrogens (tertiary/aromatic N) is 5. The first-order valence-corrected chi connectivity index (χ1v) is 11.7. The summed E-state index contributed by atoms with van der Waals surface area (Å²) >= 11 is 0. The van der Waals surface area contributed by atoms with Crippen LogP contribution in [0, 0.1) is 0 Å². The summed E-state index contributed by atoms with van der Waals surface area (Å²) in [5.74, 6) is -0.0276. The molecular formula is C27H22N8O. The molecule has 0 saturated carbocycles. The van der Waals surface area contributed by atoms with E-state index in [0.29, 0.717) is 17.8 Å². The SMILES string of the molecule is CCCC(=O)Nc1cncc(-c2cnc3n[nH]c(-c4cc5c(-c6cccnc6)ccnc5[nH]4)c3c2)c1. The first-order valence-electron chi connectivity index (χ1n) is 11.7. The normalized spacial score (nSPS) is 11.2. The Hall–Kier alpha value is -4.92. The van der Waals surface area contributed by atoms with Gasteiger partial charge >= 0.3 is 0 Å². The topological polar surface area (TPSA) is 125 Å². The largest absolute Gasteiger partial charge is 0.338 e. The molecule has 9 nitrogen and oxygen atoms in total. The van der Waals surface area contributed by atoms with Crippen molar-refractivity contribution in [1.29, 1.82) is 0 Å². The van der Waals surface area contributed by atoms with Gasteiger partial charge in [-0.05, 0) is 42.3 Å². The highest BCUT2D eigenvalue weighted by molar-refractivity contribution is 6.00. The lowest BCUT2D eigenvalue weighted by molar-refractivity contribution is -0.116. The van der Waals surface area contributed by atoms with Gasteiger partial charge < -0.3 is 10.3 Å². The van der Waals surface area contributed by atoms with Crippen molar-refractivity contribution in [3.05, 3.63) is 73.6 Å². The molecule has 6 aromatic heterocycles. The number of aromatic amines is 2. The Bertz CT molecular complexity index is 1700. The summed E-state index contributed by atoms with van der Waals surface area (Å²) in [5, 5.41) is 12.3. The number of H-pyrrole nitrogens is 2. The van der Waals surface area contributed by atoms with E-state index in [1.54, 1.807) is 31.0 Å². The van der Waals surface area contributed by atoms with Crippen molar-refractivity contribution in [2.75, 3.05) is 5.32 Å². The maximum Gasteiger partial charge on any atom is 0.224 e. The van der Waals surface area contributed by atoms with Crippen molar-refractivity contribution in [2.24, 2.45) is 0 Å². The van der Waals surface area contributed by atoms with Gasteiger partial charge in [0.15, 0.2) is 5.65 Å². The van der Waals surface area contributed by atoms with Crippen LogP contribution in [0.25, 0.3) is 55.7 Å². The van der Waals surface area contributed by atoms with E-state index in [-0.39, 0.29) is 5.91 Å². The predicted molar refractivity (Wildman–Crippen MR) is 139 cm³/mol. The standard InChI is InChI=1S/C27H22N8O/c1-2-4-24(36)32-19-9-17(13-29-15-19)18-10-22-25(34-35-27(22)31-14-18)23-11-21-20(6-8-30-26(21)33-23)16-5-3-7-28-12-16/h3,5-15H,2,4H2,1H3,(H,30,33)(H,32,36)(H,31,34,35). The fourth-order valence-corrected chi connectivity index (χ4v) is 4.31. The molecule has 0 spiro atoms. The van der Waals surface area contributed by atoms with Gasteiger partial charge in [0.05, 0.1) is 23.3 Å². The molecule has 1 amide bonds. The molecule has 0 unspecified atom stereocenters. The maximum absolute atomic E-state index is 12.0. The highest BCUT2D eigenvalue weighted by Crippen LogP contribution is 2.34. The monoisotopic (exact) mass is 474 g/mol. The third-order valence-electron chi connectivity index (χ3n) is 6.02. The minimum atomic E-state index is -0.0276. The van der Waals surface area contributed by atoms with E-state index in [9.17, 15) is 4.79 Å². The summed E-state index contributed by atoms with van der Waals surface area (Å²) < 4.78 is 0. The van der Waals surface area contributed by atoms with Crippen molar-refractivity contribution in [3.63, 3.8) is 0 Å². The molecular weight excluding hydrogens is 452 g/mol. The van der Waals surface area contributed by atoms with Gasteiger partial charge in [0.2, 0.25) is 5.91 Å². The number of carbonyl (C=O) groups excluding carboxylic acids is 1. The number of hydrogen-bond donors (Lipinski definition) is 3. The fourth-order valence-electron chi connectivity index (χ4n) is 4.31. The van der Waals surface area contributed by atoms with Crippen LogP contribution in [0.5, 0.6) is 0 Å². The van der Waals surface area contributed by atoms with E-state index < -0.39 is 0 Å². The highest BCUT2D eigenvalue weighted by atomic mass is 16.1. The Kier molecular flexibility index (Phi) is 5.42. The Morgan fingerprint density at radius 2 is 1.81 bits per heavy atom. The van der Waals surface area contributed by atoms with Gasteiger partial charge in [-0.1, -0.05) is 13.0 Å². The number of anilines is 1. The molecule has 6 aromatic rings. The maximum atomic E-state index is 12.0. The zero-order valence-corrected chi connectivity index (χ0v) is 19.5. The molecule has 0 aliphatic rings. The van der Waals surface area contributed by atoms with Crippen LogP contribution in [-0.2, 0) is 4.79 Å². The van der Waals surface area contributed by atoms with E-state index in [1.165, 1.54) is 0 Å². The molecule has 3 N–H and O–H groups in total. The van der Waals surface area contributed by atoms with Crippen LogP contribution in [0.15, 0.2) is 73.6 Å². The number of nitrogens with one attached hydrogen (secondary N) is 3. The second-order valence-corrected chi connectivity index (χ2v) is 8.50. The van der Waals surface area contributed by atoms with Gasteiger partial charge in [-0.3, -0.25) is 19.9 Å². The lowest BCUT2D eigenvalue weighted by Gasteiger charge is -2.07. The lowest BCUT2D eigenvalue weighted by Crippen LogP contribution is -2.10. The zero-order valence-electron chi connectivity index (χ0n) is 19.5. The Balaban J connectivity index is 1.40. The molecule has 6 heterocycles. The van der Waals surface area contributed by atoms with Crippen molar-refractivity contribution < 1.29 is 4.79 Å². The molecule has 6 rings (SSSR count). The molecule has 0 aliphatic heterocycles. The van der Waals surface area contributed by atoms with Crippen molar-refractivity contribution in [3.8, 4) is 33.6 Å². The minimum absolute atomic E-state index is 0.0276. The van der Waals surface area contributed by atoms with Crippen LogP contribution >= 0.6 is 0 Å². The lowest BCUT2D eigenvalue weighted by atomic mass is 10.0.